The van der Waals surface area contributed by atoms with Gasteiger partial charge >= 0.3 is 0 Å². The SMILES string of the molecule is CC(F)(F)C[O]. The minimum atomic E-state index is -3.01. The number of hydrogen-bond donors (Lipinski definition) is 0. The molecule has 0 spiro atoms. The fraction of sp³-hybridized carbons (Fsp3) is 1.00. The Kier molecular flexibility index (Phi) is 1.47. The van der Waals surface area contributed by atoms with Crippen molar-refractivity contribution in [3.05, 3.63) is 0 Å². The highest BCUT2D eigenvalue weighted by atomic mass is 19.3. The van der Waals surface area contributed by atoms with Crippen molar-refractivity contribution in [3.63, 3.8) is 0 Å². The van der Waals surface area contributed by atoms with E-state index >= 15 is 0 Å². The van der Waals surface area contributed by atoms with Gasteiger partial charge in [0.1, 0.15) is 6.61 Å². The molecule has 0 aliphatic rings. The molecule has 0 aliphatic carbocycles. The predicted molar refractivity (Wildman–Crippen MR) is 16.2 cm³/mol. The molecular formula is C3H5F2O. The van der Waals surface area contributed by atoms with Crippen molar-refractivity contribution in [3.8, 4) is 0 Å². The minimum Gasteiger partial charge on any atom is -0.230 e. The fourth-order valence-electron chi connectivity index (χ4n) is 0. The van der Waals surface area contributed by atoms with Crippen molar-refractivity contribution in [2.75, 3.05) is 6.61 Å². The number of rotatable bonds is 1. The van der Waals surface area contributed by atoms with Crippen LogP contribution in [0.2, 0.25) is 0 Å². The van der Waals surface area contributed by atoms with Crippen LogP contribution in [0.25, 0.3) is 0 Å². The van der Waals surface area contributed by atoms with E-state index in [2.05, 4.69) is 0 Å². The maximum atomic E-state index is 11.1. The van der Waals surface area contributed by atoms with Crippen LogP contribution in [0.15, 0.2) is 0 Å². The molecule has 0 saturated heterocycles. The lowest BCUT2D eigenvalue weighted by Crippen LogP contribution is -2.13. The first kappa shape index (κ1) is 5.82. The van der Waals surface area contributed by atoms with Crippen molar-refractivity contribution in [2.24, 2.45) is 0 Å². The topological polar surface area (TPSA) is 19.9 Å². The zero-order valence-electron chi connectivity index (χ0n) is 3.37. The normalized spacial score (nSPS) is 12.0. The van der Waals surface area contributed by atoms with E-state index in [1.54, 1.807) is 0 Å². The van der Waals surface area contributed by atoms with Crippen LogP contribution in [0.3, 0.4) is 0 Å². The first-order valence-electron chi connectivity index (χ1n) is 1.52. The van der Waals surface area contributed by atoms with E-state index in [-0.39, 0.29) is 0 Å². The van der Waals surface area contributed by atoms with Crippen molar-refractivity contribution in [1.82, 2.24) is 0 Å². The summed E-state index contributed by atoms with van der Waals surface area (Å²) in [7, 11) is 0. The maximum Gasteiger partial charge on any atom is 0.271 e. The van der Waals surface area contributed by atoms with Crippen molar-refractivity contribution < 1.29 is 13.9 Å². The van der Waals surface area contributed by atoms with E-state index in [1.807, 2.05) is 0 Å². The van der Waals surface area contributed by atoms with Gasteiger partial charge in [0.2, 0.25) is 0 Å². The molecule has 0 saturated carbocycles. The summed E-state index contributed by atoms with van der Waals surface area (Å²) < 4.78 is 22.3. The zero-order chi connectivity index (χ0) is 5.21. The molecule has 0 N–H and O–H groups in total. The van der Waals surface area contributed by atoms with E-state index in [0.29, 0.717) is 6.92 Å². The summed E-state index contributed by atoms with van der Waals surface area (Å²) >= 11 is 0. The second-order valence-corrected chi connectivity index (χ2v) is 1.21. The third-order valence-electron chi connectivity index (χ3n) is 0.253. The van der Waals surface area contributed by atoms with Crippen LogP contribution in [-0.4, -0.2) is 12.5 Å². The van der Waals surface area contributed by atoms with Gasteiger partial charge in [0, 0.05) is 6.92 Å². The van der Waals surface area contributed by atoms with Gasteiger partial charge in [-0.2, -0.15) is 0 Å². The summed E-state index contributed by atoms with van der Waals surface area (Å²) in [4.78, 5) is 0. The van der Waals surface area contributed by atoms with Crippen molar-refractivity contribution in [1.29, 1.82) is 0 Å². The van der Waals surface area contributed by atoms with E-state index in [0.717, 1.165) is 0 Å². The smallest absolute Gasteiger partial charge is 0.230 e. The van der Waals surface area contributed by atoms with Crippen LogP contribution in [-0.2, 0) is 5.11 Å². The second-order valence-electron chi connectivity index (χ2n) is 1.21. The standard InChI is InChI=1S/C3H5F2O/c1-3(4,5)2-6/h2H2,1H3. The van der Waals surface area contributed by atoms with Gasteiger partial charge < -0.3 is 0 Å². The monoisotopic (exact) mass is 95.0 g/mol. The lowest BCUT2D eigenvalue weighted by Gasteiger charge is -1.99. The third-order valence-corrected chi connectivity index (χ3v) is 0.253. The summed E-state index contributed by atoms with van der Waals surface area (Å²) in [6.07, 6.45) is 0. The molecule has 3 heteroatoms. The molecule has 0 aromatic rings. The Labute approximate surface area is 34.6 Å². The molecule has 0 amide bonds. The van der Waals surface area contributed by atoms with E-state index in [4.69, 9.17) is 0 Å². The van der Waals surface area contributed by atoms with Crippen LogP contribution < -0.4 is 0 Å². The van der Waals surface area contributed by atoms with Gasteiger partial charge in [0.15, 0.2) is 0 Å². The molecule has 6 heavy (non-hydrogen) atoms. The summed E-state index contributed by atoms with van der Waals surface area (Å²) in [6, 6.07) is 0. The molecule has 0 rings (SSSR count). The molecule has 0 fully saturated rings. The molecule has 1 radical (unpaired) electrons. The average molecular weight is 95.1 g/mol. The molecule has 0 aliphatic heterocycles. The summed E-state index contributed by atoms with van der Waals surface area (Å²) in [5.41, 5.74) is 0. The quantitative estimate of drug-likeness (QED) is 0.464. The van der Waals surface area contributed by atoms with Gasteiger partial charge in [0.05, 0.1) is 0 Å². The number of halogens is 2. The van der Waals surface area contributed by atoms with E-state index in [9.17, 15) is 13.9 Å². The Morgan fingerprint density at radius 3 is 1.83 bits per heavy atom. The molecule has 0 aromatic carbocycles. The first-order valence-corrected chi connectivity index (χ1v) is 1.52. The van der Waals surface area contributed by atoms with Crippen LogP contribution >= 0.6 is 0 Å². The molecule has 0 aromatic heterocycles. The predicted octanol–water partition coefficient (Wildman–Crippen LogP) is 1.07. The molecule has 0 atom stereocenters. The van der Waals surface area contributed by atoms with Gasteiger partial charge in [0.25, 0.3) is 5.92 Å². The van der Waals surface area contributed by atoms with Crippen LogP contribution in [0, 0.1) is 0 Å². The van der Waals surface area contributed by atoms with Crippen LogP contribution in [0.1, 0.15) is 6.92 Å². The highest BCUT2D eigenvalue weighted by molar-refractivity contribution is 4.50. The Morgan fingerprint density at radius 2 is 1.83 bits per heavy atom. The highest BCUT2D eigenvalue weighted by Crippen LogP contribution is 2.08. The first-order chi connectivity index (χ1) is 2.56. The maximum absolute atomic E-state index is 11.1. The van der Waals surface area contributed by atoms with Crippen molar-refractivity contribution >= 4 is 0 Å². The molecular weight excluding hydrogens is 90.0 g/mol. The Balaban J connectivity index is 3.17. The van der Waals surface area contributed by atoms with Crippen LogP contribution in [0.5, 0.6) is 0 Å². The van der Waals surface area contributed by atoms with Crippen LogP contribution in [0.4, 0.5) is 8.78 Å². The van der Waals surface area contributed by atoms with Gasteiger partial charge in [-0.1, -0.05) is 0 Å². The van der Waals surface area contributed by atoms with Gasteiger partial charge in [-0.3, -0.25) is 0 Å². The fourth-order valence-corrected chi connectivity index (χ4v) is 0. The summed E-state index contributed by atoms with van der Waals surface area (Å²) in [6.45, 7) is -0.715. The molecule has 0 heterocycles. The summed E-state index contributed by atoms with van der Waals surface area (Å²) in [5, 5.41) is 9.20. The van der Waals surface area contributed by atoms with Gasteiger partial charge in [-0.05, 0) is 0 Å². The molecule has 1 nitrogen and oxygen atoms in total. The van der Waals surface area contributed by atoms with Gasteiger partial charge in [-0.15, -0.1) is 0 Å². The largest absolute Gasteiger partial charge is 0.271 e. The van der Waals surface area contributed by atoms with Gasteiger partial charge in [-0.25, -0.2) is 13.9 Å². The summed E-state index contributed by atoms with van der Waals surface area (Å²) in [5.74, 6) is -3.01. The van der Waals surface area contributed by atoms with Crippen molar-refractivity contribution in [2.45, 2.75) is 12.8 Å². The Morgan fingerprint density at radius 1 is 1.67 bits per heavy atom. The number of alkyl halides is 2. The highest BCUT2D eigenvalue weighted by Gasteiger charge is 2.19. The lowest BCUT2D eigenvalue weighted by molar-refractivity contribution is -0.0566. The van der Waals surface area contributed by atoms with E-state index < -0.39 is 12.5 Å². The Hall–Kier alpha value is -0.180. The average Bonchev–Trinajstić information content (AvgIpc) is 1.35. The third kappa shape index (κ3) is 3.82. The molecule has 37 valence electrons. The molecule has 0 bridgehead atoms. The Bertz CT molecular complexity index is 38.5. The minimum absolute atomic E-state index is 0.597. The zero-order valence-corrected chi connectivity index (χ0v) is 3.37. The molecule has 0 unspecified atom stereocenters. The van der Waals surface area contributed by atoms with E-state index in [1.165, 1.54) is 0 Å². The lowest BCUT2D eigenvalue weighted by atomic mass is 10.4. The number of hydrogen-bond acceptors (Lipinski definition) is 0. The second kappa shape index (κ2) is 1.51.